The summed E-state index contributed by atoms with van der Waals surface area (Å²) in [5, 5.41) is 12.8. The standard InChI is InChI=1S/C27H28FN5O3/c1-33-10-7-23(32-33)26(17-5-6-24(35-2)22(28)14-17)31-27(34)18-3-4-19-16-29-25(15-20(19)13-18)30-21-8-11-36-12-9-21/h3-7,10,13-16,21,26H,8-9,11-12H2,1-2H3,(H,29,30)(H,31,34)/t26-/m1/s1. The fourth-order valence-electron chi connectivity index (χ4n) is 4.40. The molecule has 186 valence electrons. The number of nitrogens with one attached hydrogen (secondary N) is 2. The molecule has 4 aromatic rings. The third-order valence-electron chi connectivity index (χ3n) is 6.37. The number of halogens is 1. The number of rotatable bonds is 7. The third kappa shape index (κ3) is 5.16. The number of hydrogen-bond acceptors (Lipinski definition) is 6. The first-order valence-corrected chi connectivity index (χ1v) is 11.9. The van der Waals surface area contributed by atoms with Crippen molar-refractivity contribution in [1.29, 1.82) is 0 Å². The number of benzene rings is 2. The number of carbonyl (C=O) groups is 1. The van der Waals surface area contributed by atoms with Crippen LogP contribution < -0.4 is 15.4 Å². The lowest BCUT2D eigenvalue weighted by Gasteiger charge is -2.23. The average molecular weight is 490 g/mol. The molecule has 0 radical (unpaired) electrons. The van der Waals surface area contributed by atoms with Crippen molar-refractivity contribution in [3.05, 3.63) is 83.6 Å². The molecule has 1 amide bonds. The van der Waals surface area contributed by atoms with Crippen molar-refractivity contribution >= 4 is 22.5 Å². The highest BCUT2D eigenvalue weighted by atomic mass is 19.1. The number of nitrogens with zero attached hydrogens (tertiary/aromatic N) is 3. The minimum absolute atomic E-state index is 0.137. The normalized spacial score (nSPS) is 15.0. The van der Waals surface area contributed by atoms with Crippen LogP contribution in [-0.4, -0.2) is 47.0 Å². The topological polar surface area (TPSA) is 90.3 Å². The summed E-state index contributed by atoms with van der Waals surface area (Å²) in [4.78, 5) is 17.9. The van der Waals surface area contributed by atoms with Gasteiger partial charge in [0, 0.05) is 49.6 Å². The number of carbonyl (C=O) groups excluding carboxylic acids is 1. The molecule has 9 heteroatoms. The van der Waals surface area contributed by atoms with Crippen LogP contribution in [0.1, 0.15) is 40.5 Å². The summed E-state index contributed by atoms with van der Waals surface area (Å²) in [7, 11) is 3.20. The molecule has 0 saturated carbocycles. The molecule has 2 aromatic carbocycles. The molecule has 1 saturated heterocycles. The lowest BCUT2D eigenvalue weighted by Crippen LogP contribution is -2.30. The summed E-state index contributed by atoms with van der Waals surface area (Å²) < 4.78 is 26.6. The van der Waals surface area contributed by atoms with Gasteiger partial charge in [0.2, 0.25) is 0 Å². The van der Waals surface area contributed by atoms with Crippen molar-refractivity contribution in [3.8, 4) is 5.75 Å². The van der Waals surface area contributed by atoms with Gasteiger partial charge in [-0.2, -0.15) is 5.10 Å². The number of hydrogen-bond donors (Lipinski definition) is 2. The first-order chi connectivity index (χ1) is 17.5. The van der Waals surface area contributed by atoms with E-state index in [0.717, 1.165) is 42.6 Å². The van der Waals surface area contributed by atoms with E-state index in [1.54, 1.807) is 48.4 Å². The predicted octanol–water partition coefficient (Wildman–Crippen LogP) is 4.23. The second-order valence-electron chi connectivity index (χ2n) is 8.88. The minimum atomic E-state index is -0.641. The maximum atomic E-state index is 14.5. The molecule has 0 aliphatic carbocycles. The van der Waals surface area contributed by atoms with Crippen LogP contribution in [0.25, 0.3) is 10.8 Å². The Labute approximate surface area is 208 Å². The first-order valence-electron chi connectivity index (χ1n) is 11.9. The van der Waals surface area contributed by atoms with E-state index in [1.165, 1.54) is 13.2 Å². The van der Waals surface area contributed by atoms with Crippen molar-refractivity contribution in [3.63, 3.8) is 0 Å². The van der Waals surface area contributed by atoms with Crippen molar-refractivity contribution in [1.82, 2.24) is 20.1 Å². The summed E-state index contributed by atoms with van der Waals surface area (Å²) in [5.74, 6) is 0.109. The van der Waals surface area contributed by atoms with Crippen LogP contribution in [0.2, 0.25) is 0 Å². The van der Waals surface area contributed by atoms with Crippen LogP contribution in [0.15, 0.2) is 60.9 Å². The molecule has 1 atom stereocenters. The van der Waals surface area contributed by atoms with E-state index in [9.17, 15) is 9.18 Å². The highest BCUT2D eigenvalue weighted by Gasteiger charge is 2.22. The SMILES string of the molecule is COc1ccc([C@@H](NC(=O)c2ccc3cnc(NC4CCOCC4)cc3c2)c2ccn(C)n2)cc1F. The van der Waals surface area contributed by atoms with Crippen molar-refractivity contribution < 1.29 is 18.7 Å². The summed E-state index contributed by atoms with van der Waals surface area (Å²) >= 11 is 0. The summed E-state index contributed by atoms with van der Waals surface area (Å²) in [5.41, 5.74) is 1.65. The zero-order valence-corrected chi connectivity index (χ0v) is 20.2. The van der Waals surface area contributed by atoms with Gasteiger partial charge >= 0.3 is 0 Å². The molecule has 8 nitrogen and oxygen atoms in total. The molecular weight excluding hydrogens is 461 g/mol. The molecule has 0 bridgehead atoms. The Hall–Kier alpha value is -3.98. The molecule has 36 heavy (non-hydrogen) atoms. The van der Waals surface area contributed by atoms with Crippen LogP contribution in [0, 0.1) is 5.82 Å². The molecular formula is C27H28FN5O3. The number of amides is 1. The van der Waals surface area contributed by atoms with E-state index in [-0.39, 0.29) is 11.7 Å². The zero-order valence-electron chi connectivity index (χ0n) is 20.2. The molecule has 2 N–H and O–H groups in total. The zero-order chi connectivity index (χ0) is 25.1. The number of ether oxygens (including phenoxy) is 2. The van der Waals surface area contributed by atoms with Crippen molar-refractivity contribution in [2.45, 2.75) is 24.9 Å². The van der Waals surface area contributed by atoms with Gasteiger partial charge < -0.3 is 20.1 Å². The molecule has 1 aliphatic heterocycles. The van der Waals surface area contributed by atoms with E-state index >= 15 is 0 Å². The summed E-state index contributed by atoms with van der Waals surface area (Å²) in [6.45, 7) is 1.48. The Bertz CT molecular complexity index is 1380. The Morgan fingerprint density at radius 1 is 1.14 bits per heavy atom. The van der Waals surface area contributed by atoms with Gasteiger partial charge in [0.25, 0.3) is 5.91 Å². The summed E-state index contributed by atoms with van der Waals surface area (Å²) in [6.07, 6.45) is 5.45. The third-order valence-corrected chi connectivity index (χ3v) is 6.37. The van der Waals surface area contributed by atoms with Crippen LogP contribution >= 0.6 is 0 Å². The van der Waals surface area contributed by atoms with Gasteiger partial charge in [0.15, 0.2) is 11.6 Å². The minimum Gasteiger partial charge on any atom is -0.494 e. The molecule has 1 aliphatic rings. The van der Waals surface area contributed by atoms with Gasteiger partial charge in [-0.1, -0.05) is 12.1 Å². The quantitative estimate of drug-likeness (QED) is 0.404. The predicted molar refractivity (Wildman–Crippen MR) is 135 cm³/mol. The van der Waals surface area contributed by atoms with E-state index in [1.807, 2.05) is 18.2 Å². The average Bonchev–Trinajstić information content (AvgIpc) is 3.33. The van der Waals surface area contributed by atoms with Gasteiger partial charge in [-0.25, -0.2) is 9.37 Å². The van der Waals surface area contributed by atoms with Crippen LogP contribution in [0.5, 0.6) is 5.75 Å². The highest BCUT2D eigenvalue weighted by Crippen LogP contribution is 2.27. The molecule has 1 fully saturated rings. The molecule has 2 aromatic heterocycles. The van der Waals surface area contributed by atoms with E-state index < -0.39 is 11.9 Å². The maximum Gasteiger partial charge on any atom is 0.252 e. The Balaban J connectivity index is 1.41. The smallest absolute Gasteiger partial charge is 0.252 e. The Kier molecular flexibility index (Phi) is 6.81. The number of fused-ring (bicyclic) bond motifs is 1. The lowest BCUT2D eigenvalue weighted by molar-refractivity contribution is 0.0903. The van der Waals surface area contributed by atoms with Crippen LogP contribution in [0.4, 0.5) is 10.2 Å². The number of aryl methyl sites for hydroxylation is 1. The van der Waals surface area contributed by atoms with Gasteiger partial charge in [-0.3, -0.25) is 9.48 Å². The maximum absolute atomic E-state index is 14.5. The van der Waals surface area contributed by atoms with Crippen LogP contribution in [0.3, 0.4) is 0 Å². The van der Waals surface area contributed by atoms with Crippen LogP contribution in [-0.2, 0) is 11.8 Å². The second kappa shape index (κ2) is 10.3. The Morgan fingerprint density at radius 2 is 1.97 bits per heavy atom. The van der Waals surface area contributed by atoms with Crippen molar-refractivity contribution in [2.75, 3.05) is 25.6 Å². The number of pyridine rings is 1. The molecule has 0 spiro atoms. The fourth-order valence-corrected chi connectivity index (χ4v) is 4.40. The lowest BCUT2D eigenvalue weighted by atomic mass is 10.0. The van der Waals surface area contributed by atoms with E-state index in [2.05, 4.69) is 20.7 Å². The molecule has 5 rings (SSSR count). The molecule has 0 unspecified atom stereocenters. The van der Waals surface area contributed by atoms with Gasteiger partial charge in [0.05, 0.1) is 18.8 Å². The first kappa shape index (κ1) is 23.7. The molecule has 3 heterocycles. The van der Waals surface area contributed by atoms with E-state index in [0.29, 0.717) is 22.9 Å². The van der Waals surface area contributed by atoms with Gasteiger partial charge in [-0.15, -0.1) is 0 Å². The number of anilines is 1. The summed E-state index contributed by atoms with van der Waals surface area (Å²) in [6, 6.07) is 13.5. The number of aromatic nitrogens is 3. The highest BCUT2D eigenvalue weighted by molar-refractivity contribution is 5.99. The van der Waals surface area contributed by atoms with Gasteiger partial charge in [-0.05, 0) is 60.2 Å². The fraction of sp³-hybridized carbons (Fsp3) is 0.296. The largest absolute Gasteiger partial charge is 0.494 e. The second-order valence-corrected chi connectivity index (χ2v) is 8.88. The van der Waals surface area contributed by atoms with Crippen molar-refractivity contribution in [2.24, 2.45) is 7.05 Å². The van der Waals surface area contributed by atoms with Gasteiger partial charge in [0.1, 0.15) is 5.82 Å². The Morgan fingerprint density at radius 3 is 2.69 bits per heavy atom. The number of methoxy groups -OCH3 is 1. The monoisotopic (exact) mass is 489 g/mol. The van der Waals surface area contributed by atoms with E-state index in [4.69, 9.17) is 9.47 Å².